The summed E-state index contributed by atoms with van der Waals surface area (Å²) in [4.78, 5) is 31.2. The molecule has 3 fully saturated rings. The van der Waals surface area contributed by atoms with E-state index in [2.05, 4.69) is 4.90 Å². The van der Waals surface area contributed by atoms with Crippen LogP contribution in [0.15, 0.2) is 59.5 Å². The molecule has 2 saturated heterocycles. The van der Waals surface area contributed by atoms with Crippen LogP contribution in [-0.2, 0) is 14.8 Å². The van der Waals surface area contributed by atoms with Crippen molar-refractivity contribution in [1.29, 1.82) is 0 Å². The van der Waals surface area contributed by atoms with Crippen LogP contribution in [0.1, 0.15) is 61.0 Å². The lowest BCUT2D eigenvalue weighted by Crippen LogP contribution is -2.60. The Balaban J connectivity index is 1.33. The molecule has 3 heterocycles. The summed E-state index contributed by atoms with van der Waals surface area (Å²) in [5.41, 5.74) is 2.15. The SMILES string of the molecule is O=C(O)c1sc(-c2ccc(Cl)cc2)cc1N1C(=O)CN(S(=O)(=O)c2ccc(N3CCCCC3)cc2)C[C@H]1C1CCCCC1. The molecule has 0 unspecified atom stereocenters. The number of carboxylic acid groups (broad SMARTS) is 1. The van der Waals surface area contributed by atoms with Gasteiger partial charge in [-0.2, -0.15) is 4.31 Å². The lowest BCUT2D eigenvalue weighted by molar-refractivity contribution is -0.121. The van der Waals surface area contributed by atoms with Gasteiger partial charge in [-0.15, -0.1) is 11.3 Å². The summed E-state index contributed by atoms with van der Waals surface area (Å²) in [6.07, 6.45) is 8.30. The van der Waals surface area contributed by atoms with Crippen molar-refractivity contribution in [3.63, 3.8) is 0 Å². The van der Waals surface area contributed by atoms with E-state index >= 15 is 0 Å². The van der Waals surface area contributed by atoms with Crippen molar-refractivity contribution in [3.8, 4) is 10.4 Å². The first kappa shape index (κ1) is 30.1. The van der Waals surface area contributed by atoms with Gasteiger partial charge in [-0.25, -0.2) is 13.2 Å². The average molecular weight is 642 g/mol. The van der Waals surface area contributed by atoms with Crippen molar-refractivity contribution in [1.82, 2.24) is 4.31 Å². The number of carbonyl (C=O) groups is 2. The van der Waals surface area contributed by atoms with Gasteiger partial charge >= 0.3 is 5.97 Å². The van der Waals surface area contributed by atoms with Gasteiger partial charge in [-0.1, -0.05) is 43.0 Å². The molecule has 1 aliphatic carbocycles. The number of piperidine rings is 1. The van der Waals surface area contributed by atoms with Crippen molar-refractivity contribution >= 4 is 56.2 Å². The number of sulfonamides is 1. The highest BCUT2D eigenvalue weighted by Crippen LogP contribution is 2.42. The van der Waals surface area contributed by atoms with Crippen LogP contribution in [-0.4, -0.2) is 61.9 Å². The zero-order valence-electron chi connectivity index (χ0n) is 24.0. The fourth-order valence-electron chi connectivity index (χ4n) is 6.74. The van der Waals surface area contributed by atoms with Crippen molar-refractivity contribution in [3.05, 3.63) is 64.5 Å². The van der Waals surface area contributed by atoms with Crippen molar-refractivity contribution in [2.45, 2.75) is 62.3 Å². The molecule has 228 valence electrons. The Bertz CT molecular complexity index is 1580. The number of piperazine rings is 1. The first-order valence-corrected chi connectivity index (χ1v) is 17.7. The van der Waals surface area contributed by atoms with Crippen LogP contribution >= 0.6 is 22.9 Å². The molecule has 0 radical (unpaired) electrons. The zero-order valence-corrected chi connectivity index (χ0v) is 26.3. The quantitative estimate of drug-likeness (QED) is 0.307. The first-order chi connectivity index (χ1) is 20.7. The van der Waals surface area contributed by atoms with Gasteiger partial charge in [0.25, 0.3) is 0 Å². The molecule has 1 atom stereocenters. The number of thiophene rings is 1. The molecule has 0 spiro atoms. The van der Waals surface area contributed by atoms with Crippen LogP contribution in [0.4, 0.5) is 11.4 Å². The van der Waals surface area contributed by atoms with Crippen molar-refractivity contribution < 1.29 is 23.1 Å². The van der Waals surface area contributed by atoms with Gasteiger partial charge in [0.2, 0.25) is 15.9 Å². The fraction of sp³-hybridized carbons (Fsp3) is 0.438. The van der Waals surface area contributed by atoms with E-state index < -0.39 is 27.9 Å². The van der Waals surface area contributed by atoms with Crippen LogP contribution < -0.4 is 9.80 Å². The van der Waals surface area contributed by atoms with Gasteiger partial charge in [-0.3, -0.25) is 4.79 Å². The van der Waals surface area contributed by atoms with Gasteiger partial charge in [0.15, 0.2) is 0 Å². The topological polar surface area (TPSA) is 98.2 Å². The number of rotatable bonds is 7. The maximum Gasteiger partial charge on any atom is 0.348 e. The van der Waals surface area contributed by atoms with E-state index in [0.717, 1.165) is 80.6 Å². The molecule has 1 N–H and O–H groups in total. The number of benzene rings is 2. The summed E-state index contributed by atoms with van der Waals surface area (Å²) in [6, 6.07) is 15.4. The highest BCUT2D eigenvalue weighted by atomic mass is 35.5. The molecule has 6 rings (SSSR count). The Morgan fingerprint density at radius 1 is 0.907 bits per heavy atom. The van der Waals surface area contributed by atoms with E-state index in [4.69, 9.17) is 11.6 Å². The number of amides is 1. The number of nitrogens with zero attached hydrogens (tertiary/aromatic N) is 3. The first-order valence-electron chi connectivity index (χ1n) is 15.0. The number of carboxylic acids is 1. The van der Waals surface area contributed by atoms with E-state index in [1.165, 1.54) is 10.7 Å². The van der Waals surface area contributed by atoms with E-state index in [1.807, 2.05) is 24.3 Å². The normalized spacial score (nSPS) is 20.9. The smallest absolute Gasteiger partial charge is 0.348 e. The van der Waals surface area contributed by atoms with Gasteiger partial charge < -0.3 is 14.9 Å². The van der Waals surface area contributed by atoms with Crippen LogP contribution in [0.5, 0.6) is 0 Å². The highest BCUT2D eigenvalue weighted by Gasteiger charge is 2.44. The van der Waals surface area contributed by atoms with E-state index in [9.17, 15) is 23.1 Å². The Morgan fingerprint density at radius 2 is 1.56 bits per heavy atom. The number of hydrogen-bond donors (Lipinski definition) is 1. The van der Waals surface area contributed by atoms with E-state index in [-0.39, 0.29) is 28.8 Å². The Kier molecular flexibility index (Phi) is 8.82. The number of carbonyl (C=O) groups excluding carboxylic acids is 1. The third-order valence-corrected chi connectivity index (χ3v) is 12.2. The lowest BCUT2D eigenvalue weighted by atomic mass is 9.82. The molecular weight excluding hydrogens is 606 g/mol. The second-order valence-electron chi connectivity index (χ2n) is 11.7. The van der Waals surface area contributed by atoms with Crippen molar-refractivity contribution in [2.75, 3.05) is 36.0 Å². The standard InChI is InChI=1S/C32H36ClN3O5S2/c33-24-11-9-23(10-12-24)29-19-27(31(42-29)32(38)39)36-28(22-7-3-1-4-8-22)20-35(21-30(36)37)43(40,41)26-15-13-25(14-16-26)34-17-5-2-6-18-34/h9-16,19,22,28H,1-8,17-18,20-21H2,(H,38,39)/t28-/m0/s1. The second kappa shape index (κ2) is 12.6. The molecule has 43 heavy (non-hydrogen) atoms. The van der Waals surface area contributed by atoms with Crippen LogP contribution in [0.2, 0.25) is 5.02 Å². The molecule has 8 nitrogen and oxygen atoms in total. The Hall–Kier alpha value is -2.92. The molecular formula is C32H36ClN3O5S2. The third kappa shape index (κ3) is 6.20. The summed E-state index contributed by atoms with van der Waals surface area (Å²) >= 11 is 7.19. The number of halogens is 1. The van der Waals surface area contributed by atoms with Crippen LogP contribution in [0.25, 0.3) is 10.4 Å². The monoisotopic (exact) mass is 641 g/mol. The second-order valence-corrected chi connectivity index (χ2v) is 15.1. The third-order valence-electron chi connectivity index (χ3n) is 8.99. The minimum Gasteiger partial charge on any atom is -0.477 e. The predicted octanol–water partition coefficient (Wildman–Crippen LogP) is 6.74. The Morgan fingerprint density at radius 3 is 2.21 bits per heavy atom. The molecule has 11 heteroatoms. The van der Waals surface area contributed by atoms with Gasteiger partial charge in [0.1, 0.15) is 4.88 Å². The van der Waals surface area contributed by atoms with E-state index in [0.29, 0.717) is 15.6 Å². The molecule has 2 aromatic carbocycles. The minimum atomic E-state index is -3.95. The molecule has 2 aliphatic heterocycles. The van der Waals surface area contributed by atoms with Crippen molar-refractivity contribution in [2.24, 2.45) is 5.92 Å². The average Bonchev–Trinajstić information content (AvgIpc) is 3.47. The Labute approximate surface area is 261 Å². The number of anilines is 2. The zero-order chi connectivity index (χ0) is 30.1. The maximum atomic E-state index is 14.0. The van der Waals surface area contributed by atoms with Crippen LogP contribution in [0, 0.1) is 5.92 Å². The number of aromatic carboxylic acids is 1. The summed E-state index contributed by atoms with van der Waals surface area (Å²) in [7, 11) is -3.95. The molecule has 3 aromatic rings. The van der Waals surface area contributed by atoms with Gasteiger partial charge in [0, 0.05) is 35.2 Å². The minimum absolute atomic E-state index is 0.0673. The summed E-state index contributed by atoms with van der Waals surface area (Å²) in [6.45, 7) is 1.71. The summed E-state index contributed by atoms with van der Waals surface area (Å²) in [5, 5.41) is 10.7. The van der Waals surface area contributed by atoms with E-state index in [1.54, 1.807) is 35.2 Å². The fourth-order valence-corrected chi connectivity index (χ4v) is 9.27. The largest absolute Gasteiger partial charge is 0.477 e. The van der Waals surface area contributed by atoms with Crippen LogP contribution in [0.3, 0.4) is 0 Å². The maximum absolute atomic E-state index is 14.0. The van der Waals surface area contributed by atoms with Gasteiger partial charge in [-0.05, 0) is 86.1 Å². The molecule has 1 aromatic heterocycles. The lowest BCUT2D eigenvalue weighted by Gasteiger charge is -2.45. The summed E-state index contributed by atoms with van der Waals surface area (Å²) in [5.74, 6) is -1.45. The number of hydrogen-bond acceptors (Lipinski definition) is 6. The predicted molar refractivity (Wildman–Crippen MR) is 171 cm³/mol. The molecule has 1 amide bonds. The molecule has 3 aliphatic rings. The highest BCUT2D eigenvalue weighted by molar-refractivity contribution is 7.89. The summed E-state index contributed by atoms with van der Waals surface area (Å²) < 4.78 is 29.1. The van der Waals surface area contributed by atoms with Gasteiger partial charge in [0.05, 0.1) is 23.2 Å². The molecule has 0 bridgehead atoms. The molecule has 1 saturated carbocycles.